The molecule has 15 nitrogen and oxygen atoms in total. The van der Waals surface area contributed by atoms with Crippen LogP contribution < -0.4 is 5.32 Å². The van der Waals surface area contributed by atoms with Gasteiger partial charge in [-0.15, -0.1) is 0 Å². The van der Waals surface area contributed by atoms with Crippen molar-refractivity contribution in [2.75, 3.05) is 78.5 Å². The van der Waals surface area contributed by atoms with Gasteiger partial charge in [-0.05, 0) is 69.2 Å². The highest BCUT2D eigenvalue weighted by Gasteiger charge is 2.28. The molecular formula is C32H59N5O10. The standard InChI is InChI=1S/C32H59N5O10/c1-23(38)28(29(43)44)33-24(39)19-34-11-13-35(20-25(40)45-30(2,3)4)15-17-37(22-27(42)47-32(8,9)10)18-16-36(14-12-34)21-26(41)46-31(5,6)7/h23,28,38H,11-22H2,1-10H3,(H,33,39)(H,43,44). The van der Waals surface area contributed by atoms with Crippen molar-refractivity contribution in [3.63, 3.8) is 0 Å². The number of carboxylic acids is 1. The van der Waals surface area contributed by atoms with Crippen molar-refractivity contribution in [3.8, 4) is 0 Å². The summed E-state index contributed by atoms with van der Waals surface area (Å²) in [6.45, 7) is 20.0. The number of hydrogen-bond donors (Lipinski definition) is 3. The molecule has 1 rings (SSSR count). The van der Waals surface area contributed by atoms with E-state index in [0.29, 0.717) is 52.4 Å². The Balaban J connectivity index is 3.29. The van der Waals surface area contributed by atoms with Gasteiger partial charge in [0, 0.05) is 52.4 Å². The molecule has 0 aromatic rings. The minimum Gasteiger partial charge on any atom is -0.480 e. The maximum Gasteiger partial charge on any atom is 0.328 e. The molecule has 3 N–H and O–H groups in total. The Hall–Kier alpha value is -2.85. The van der Waals surface area contributed by atoms with Crippen molar-refractivity contribution in [2.45, 2.75) is 98.2 Å². The lowest BCUT2D eigenvalue weighted by atomic mass is 10.2. The number of carbonyl (C=O) groups excluding carboxylic acids is 4. The summed E-state index contributed by atoms with van der Waals surface area (Å²) in [5, 5.41) is 21.6. The third kappa shape index (κ3) is 20.2. The first-order valence-electron chi connectivity index (χ1n) is 16.2. The molecule has 0 spiro atoms. The fraction of sp³-hybridized carbons (Fsp3) is 0.844. The zero-order chi connectivity index (χ0) is 36.2. The van der Waals surface area contributed by atoms with Gasteiger partial charge in [-0.1, -0.05) is 0 Å². The Bertz CT molecular complexity index is 1000. The van der Waals surface area contributed by atoms with Crippen molar-refractivity contribution in [3.05, 3.63) is 0 Å². The quantitative estimate of drug-likeness (QED) is 0.200. The second-order valence-electron chi connectivity index (χ2n) is 15.0. The average Bonchev–Trinajstić information content (AvgIpc) is 2.84. The second-order valence-corrected chi connectivity index (χ2v) is 15.0. The lowest BCUT2D eigenvalue weighted by Crippen LogP contribution is -2.53. The number of ether oxygens (including phenoxy) is 3. The van der Waals surface area contributed by atoms with Crippen LogP contribution in [0.25, 0.3) is 0 Å². The molecule has 0 saturated carbocycles. The highest BCUT2D eigenvalue weighted by molar-refractivity contribution is 5.85. The van der Waals surface area contributed by atoms with E-state index in [0.717, 1.165) is 0 Å². The van der Waals surface area contributed by atoms with Crippen LogP contribution in [-0.4, -0.2) is 167 Å². The molecule has 1 heterocycles. The summed E-state index contributed by atoms with van der Waals surface area (Å²) in [6, 6.07) is -1.47. The Kier molecular flexibility index (Phi) is 16.7. The molecule has 0 aromatic heterocycles. The minimum absolute atomic E-state index is 0.0120. The van der Waals surface area contributed by atoms with Gasteiger partial charge >= 0.3 is 23.9 Å². The van der Waals surface area contributed by atoms with Gasteiger partial charge in [0.1, 0.15) is 16.8 Å². The SMILES string of the molecule is CC(O)C(NC(=O)CN1CCN(CC(=O)OC(C)(C)C)CCN(CC(=O)OC(C)(C)C)CCN(CC(=O)OC(C)(C)C)CC1)C(=O)O. The lowest BCUT2D eigenvalue weighted by molar-refractivity contribution is -0.158. The summed E-state index contributed by atoms with van der Waals surface area (Å²) in [6.07, 6.45) is -1.31. The Morgan fingerprint density at radius 3 is 1.04 bits per heavy atom. The second kappa shape index (κ2) is 18.6. The van der Waals surface area contributed by atoms with Gasteiger partial charge in [0.2, 0.25) is 5.91 Å². The molecule has 2 atom stereocenters. The smallest absolute Gasteiger partial charge is 0.328 e. The van der Waals surface area contributed by atoms with Crippen LogP contribution in [0.2, 0.25) is 0 Å². The van der Waals surface area contributed by atoms with Crippen molar-refractivity contribution in [1.82, 2.24) is 24.9 Å². The monoisotopic (exact) mass is 673 g/mol. The molecule has 47 heavy (non-hydrogen) atoms. The number of aliphatic hydroxyl groups excluding tert-OH is 1. The number of esters is 3. The maximum atomic E-state index is 12.9. The van der Waals surface area contributed by atoms with Crippen LogP contribution in [-0.2, 0) is 38.2 Å². The summed E-state index contributed by atoms with van der Waals surface area (Å²) < 4.78 is 16.7. The highest BCUT2D eigenvalue weighted by atomic mass is 16.6. The molecule has 15 heteroatoms. The average molecular weight is 674 g/mol. The molecule has 1 saturated heterocycles. The molecule has 0 aromatic carbocycles. The number of carbonyl (C=O) groups is 5. The van der Waals surface area contributed by atoms with E-state index in [-0.39, 0.29) is 26.2 Å². The number of hydrogen-bond acceptors (Lipinski definition) is 13. The van der Waals surface area contributed by atoms with Crippen molar-refractivity contribution < 1.29 is 48.4 Å². The number of amides is 1. The summed E-state index contributed by atoms with van der Waals surface area (Å²) >= 11 is 0. The summed E-state index contributed by atoms with van der Waals surface area (Å²) in [7, 11) is 0. The van der Waals surface area contributed by atoms with E-state index in [1.54, 1.807) is 67.2 Å². The number of aliphatic carboxylic acids is 1. The topological polar surface area (TPSA) is 178 Å². The lowest BCUT2D eigenvalue weighted by Gasteiger charge is -2.34. The first-order valence-corrected chi connectivity index (χ1v) is 16.2. The molecule has 0 bridgehead atoms. The van der Waals surface area contributed by atoms with Crippen LogP contribution in [0, 0.1) is 0 Å². The number of rotatable bonds is 11. The van der Waals surface area contributed by atoms with E-state index in [2.05, 4.69) is 5.32 Å². The number of nitrogens with zero attached hydrogens (tertiary/aromatic N) is 4. The molecule has 1 aliphatic heterocycles. The fourth-order valence-corrected chi connectivity index (χ4v) is 4.69. The van der Waals surface area contributed by atoms with E-state index in [4.69, 9.17) is 14.2 Å². The predicted molar refractivity (Wildman–Crippen MR) is 175 cm³/mol. The first kappa shape index (κ1) is 42.2. The Labute approximate surface area is 279 Å². The van der Waals surface area contributed by atoms with Crippen molar-refractivity contribution in [2.24, 2.45) is 0 Å². The van der Waals surface area contributed by atoms with E-state index in [9.17, 15) is 34.2 Å². The first-order chi connectivity index (χ1) is 21.4. The van der Waals surface area contributed by atoms with Crippen LogP contribution in [0.4, 0.5) is 0 Å². The van der Waals surface area contributed by atoms with Crippen LogP contribution in [0.5, 0.6) is 0 Å². The normalized spacial score (nSPS) is 18.6. The third-order valence-electron chi connectivity index (χ3n) is 6.68. The number of aliphatic hydroxyl groups is 1. The van der Waals surface area contributed by atoms with Gasteiger partial charge < -0.3 is 29.7 Å². The Morgan fingerprint density at radius 1 is 0.574 bits per heavy atom. The molecule has 272 valence electrons. The summed E-state index contributed by atoms with van der Waals surface area (Å²) in [4.78, 5) is 70.4. The van der Waals surface area contributed by atoms with E-state index < -0.39 is 58.7 Å². The van der Waals surface area contributed by atoms with Crippen LogP contribution in [0.15, 0.2) is 0 Å². The zero-order valence-corrected chi connectivity index (χ0v) is 30.1. The van der Waals surface area contributed by atoms with Crippen LogP contribution >= 0.6 is 0 Å². The van der Waals surface area contributed by atoms with Gasteiger partial charge in [0.15, 0.2) is 6.04 Å². The highest BCUT2D eigenvalue weighted by Crippen LogP contribution is 2.11. The van der Waals surface area contributed by atoms with Gasteiger partial charge in [-0.2, -0.15) is 0 Å². The largest absolute Gasteiger partial charge is 0.480 e. The molecule has 0 radical (unpaired) electrons. The van der Waals surface area contributed by atoms with Gasteiger partial charge in [0.05, 0.1) is 32.3 Å². The molecule has 1 aliphatic rings. The van der Waals surface area contributed by atoms with E-state index >= 15 is 0 Å². The molecule has 0 aliphatic carbocycles. The number of nitrogens with one attached hydrogen (secondary N) is 1. The third-order valence-corrected chi connectivity index (χ3v) is 6.68. The molecular weight excluding hydrogens is 614 g/mol. The summed E-state index contributed by atoms with van der Waals surface area (Å²) in [5.41, 5.74) is -2.03. The van der Waals surface area contributed by atoms with Gasteiger partial charge in [0.25, 0.3) is 0 Å². The maximum absolute atomic E-state index is 12.9. The van der Waals surface area contributed by atoms with Crippen LogP contribution in [0.3, 0.4) is 0 Å². The Morgan fingerprint density at radius 2 is 0.830 bits per heavy atom. The predicted octanol–water partition coefficient (Wildman–Crippen LogP) is 0.183. The van der Waals surface area contributed by atoms with Gasteiger partial charge in [-0.3, -0.25) is 38.8 Å². The minimum atomic E-state index is -1.47. The van der Waals surface area contributed by atoms with Crippen molar-refractivity contribution >= 4 is 29.8 Å². The molecule has 1 amide bonds. The van der Waals surface area contributed by atoms with E-state index in [1.165, 1.54) is 6.92 Å². The fourth-order valence-electron chi connectivity index (χ4n) is 4.69. The van der Waals surface area contributed by atoms with E-state index in [1.807, 2.05) is 14.7 Å². The van der Waals surface area contributed by atoms with Gasteiger partial charge in [-0.25, -0.2) is 4.79 Å². The zero-order valence-electron chi connectivity index (χ0n) is 30.1. The summed E-state index contributed by atoms with van der Waals surface area (Å²) in [5.74, 6) is -3.18. The van der Waals surface area contributed by atoms with Crippen LogP contribution in [0.1, 0.15) is 69.2 Å². The van der Waals surface area contributed by atoms with Crippen molar-refractivity contribution in [1.29, 1.82) is 0 Å². The molecule has 1 fully saturated rings. The molecule has 2 unspecified atom stereocenters. The number of carboxylic acid groups (broad SMARTS) is 1.